The van der Waals surface area contributed by atoms with Crippen LogP contribution in [0.3, 0.4) is 0 Å². The fourth-order valence-electron chi connectivity index (χ4n) is 2.11. The van der Waals surface area contributed by atoms with Gasteiger partial charge in [0.15, 0.2) is 0 Å². The topological polar surface area (TPSA) is 84.2 Å². The van der Waals surface area contributed by atoms with Crippen molar-refractivity contribution in [2.24, 2.45) is 5.73 Å². The second kappa shape index (κ2) is 7.26. The van der Waals surface area contributed by atoms with Crippen LogP contribution in [0.2, 0.25) is 0 Å². The van der Waals surface area contributed by atoms with Crippen molar-refractivity contribution in [1.82, 2.24) is 5.32 Å². The lowest BCUT2D eigenvalue weighted by Crippen LogP contribution is -2.30. The quantitative estimate of drug-likeness (QED) is 0.760. The molecule has 2 aromatic rings. The highest BCUT2D eigenvalue weighted by atomic mass is 16.2. The molecule has 22 heavy (non-hydrogen) atoms. The number of primary amides is 1. The molecule has 0 spiro atoms. The van der Waals surface area contributed by atoms with E-state index in [1.165, 1.54) is 0 Å². The molecule has 5 nitrogen and oxygen atoms in total. The molecule has 0 saturated carbocycles. The molecule has 2 aromatic carbocycles. The summed E-state index contributed by atoms with van der Waals surface area (Å²) in [7, 11) is 0. The Morgan fingerprint density at radius 2 is 1.86 bits per heavy atom. The van der Waals surface area contributed by atoms with Gasteiger partial charge in [0.05, 0.1) is 12.1 Å². The van der Waals surface area contributed by atoms with Crippen LogP contribution >= 0.6 is 0 Å². The number of anilines is 1. The van der Waals surface area contributed by atoms with Crippen molar-refractivity contribution in [3.05, 3.63) is 65.2 Å². The van der Waals surface area contributed by atoms with E-state index in [0.29, 0.717) is 17.8 Å². The van der Waals surface area contributed by atoms with Gasteiger partial charge in [-0.05, 0) is 24.6 Å². The third kappa shape index (κ3) is 4.34. The number of carbonyl (C=O) groups excluding carboxylic acids is 2. The SMILES string of the molecule is Cc1cccc(CNC(=O)CNc2ccccc2C(N)=O)c1. The number of para-hydroxylation sites is 1. The molecule has 0 aliphatic heterocycles. The van der Waals surface area contributed by atoms with Crippen LogP contribution in [0.5, 0.6) is 0 Å². The molecule has 4 N–H and O–H groups in total. The first kappa shape index (κ1) is 15.6. The zero-order valence-corrected chi connectivity index (χ0v) is 12.4. The summed E-state index contributed by atoms with van der Waals surface area (Å²) in [5.74, 6) is -0.677. The Hall–Kier alpha value is -2.82. The van der Waals surface area contributed by atoms with Gasteiger partial charge in [-0.25, -0.2) is 0 Å². The zero-order valence-electron chi connectivity index (χ0n) is 12.4. The summed E-state index contributed by atoms with van der Waals surface area (Å²) in [6, 6.07) is 14.8. The molecule has 0 radical (unpaired) electrons. The predicted octanol–water partition coefficient (Wildman–Crippen LogP) is 1.82. The number of hydrogen-bond donors (Lipinski definition) is 3. The van der Waals surface area contributed by atoms with Crippen molar-refractivity contribution in [2.75, 3.05) is 11.9 Å². The van der Waals surface area contributed by atoms with Crippen LogP contribution in [0.25, 0.3) is 0 Å². The Balaban J connectivity index is 1.87. The second-order valence-corrected chi connectivity index (χ2v) is 5.03. The van der Waals surface area contributed by atoms with Crippen molar-refractivity contribution in [2.45, 2.75) is 13.5 Å². The lowest BCUT2D eigenvalue weighted by molar-refractivity contribution is -0.119. The molecule has 0 atom stereocenters. The molecule has 5 heteroatoms. The lowest BCUT2D eigenvalue weighted by atomic mass is 10.1. The molecular formula is C17H19N3O2. The molecular weight excluding hydrogens is 278 g/mol. The summed E-state index contributed by atoms with van der Waals surface area (Å²) < 4.78 is 0. The minimum absolute atomic E-state index is 0.0795. The maximum atomic E-state index is 11.9. The van der Waals surface area contributed by atoms with Crippen LogP contribution in [0.15, 0.2) is 48.5 Å². The number of aryl methyl sites for hydroxylation is 1. The minimum Gasteiger partial charge on any atom is -0.376 e. The van der Waals surface area contributed by atoms with Crippen LogP contribution in [0.1, 0.15) is 21.5 Å². The predicted molar refractivity (Wildman–Crippen MR) is 86.5 cm³/mol. The molecule has 0 aliphatic carbocycles. The fraction of sp³-hybridized carbons (Fsp3) is 0.176. The second-order valence-electron chi connectivity index (χ2n) is 5.03. The molecule has 114 valence electrons. The van der Waals surface area contributed by atoms with Gasteiger partial charge in [-0.2, -0.15) is 0 Å². The Bertz CT molecular complexity index is 683. The smallest absolute Gasteiger partial charge is 0.250 e. The van der Waals surface area contributed by atoms with E-state index in [1.54, 1.807) is 24.3 Å². The number of amides is 2. The van der Waals surface area contributed by atoms with E-state index in [2.05, 4.69) is 10.6 Å². The standard InChI is InChI=1S/C17H19N3O2/c1-12-5-4-6-13(9-12)10-20-16(21)11-19-15-8-3-2-7-14(15)17(18)22/h2-9,19H,10-11H2,1H3,(H2,18,22)(H,20,21). The number of nitrogens with one attached hydrogen (secondary N) is 2. The highest BCUT2D eigenvalue weighted by Crippen LogP contribution is 2.13. The highest BCUT2D eigenvalue weighted by Gasteiger charge is 2.08. The first-order chi connectivity index (χ1) is 10.6. The van der Waals surface area contributed by atoms with Crippen LogP contribution < -0.4 is 16.4 Å². The molecule has 0 fully saturated rings. The Morgan fingerprint density at radius 1 is 1.09 bits per heavy atom. The van der Waals surface area contributed by atoms with Gasteiger partial charge in [-0.15, -0.1) is 0 Å². The van der Waals surface area contributed by atoms with E-state index in [4.69, 9.17) is 5.73 Å². The Labute approximate surface area is 129 Å². The molecule has 2 amide bonds. The first-order valence-corrected chi connectivity index (χ1v) is 7.01. The van der Waals surface area contributed by atoms with Gasteiger partial charge in [0, 0.05) is 12.2 Å². The highest BCUT2D eigenvalue weighted by molar-refractivity contribution is 5.98. The van der Waals surface area contributed by atoms with E-state index >= 15 is 0 Å². The molecule has 0 bridgehead atoms. The van der Waals surface area contributed by atoms with Crippen LogP contribution in [-0.4, -0.2) is 18.4 Å². The van der Waals surface area contributed by atoms with Crippen LogP contribution in [-0.2, 0) is 11.3 Å². The number of hydrogen-bond acceptors (Lipinski definition) is 3. The van der Waals surface area contributed by atoms with Gasteiger partial charge in [-0.1, -0.05) is 42.0 Å². The summed E-state index contributed by atoms with van der Waals surface area (Å²) in [5, 5.41) is 5.76. The summed E-state index contributed by atoms with van der Waals surface area (Å²) >= 11 is 0. The minimum atomic E-state index is -0.525. The third-order valence-electron chi connectivity index (χ3n) is 3.20. The van der Waals surface area contributed by atoms with Crippen molar-refractivity contribution in [3.8, 4) is 0 Å². The van der Waals surface area contributed by atoms with Gasteiger partial charge in [0.25, 0.3) is 5.91 Å². The average Bonchev–Trinajstić information content (AvgIpc) is 2.51. The van der Waals surface area contributed by atoms with E-state index < -0.39 is 5.91 Å². The Kier molecular flexibility index (Phi) is 5.14. The van der Waals surface area contributed by atoms with Gasteiger partial charge in [-0.3, -0.25) is 9.59 Å². The lowest BCUT2D eigenvalue weighted by Gasteiger charge is -2.10. The van der Waals surface area contributed by atoms with E-state index in [0.717, 1.165) is 11.1 Å². The van der Waals surface area contributed by atoms with Crippen molar-refractivity contribution < 1.29 is 9.59 Å². The van der Waals surface area contributed by atoms with Crippen molar-refractivity contribution >= 4 is 17.5 Å². The fourth-order valence-corrected chi connectivity index (χ4v) is 2.11. The molecule has 0 aromatic heterocycles. The van der Waals surface area contributed by atoms with Gasteiger partial charge >= 0.3 is 0 Å². The van der Waals surface area contributed by atoms with E-state index in [1.807, 2.05) is 31.2 Å². The van der Waals surface area contributed by atoms with E-state index in [-0.39, 0.29) is 12.5 Å². The normalized spacial score (nSPS) is 10.0. The summed E-state index contributed by atoms with van der Waals surface area (Å²) in [6.45, 7) is 2.56. The number of rotatable bonds is 6. The molecule has 0 aliphatic rings. The molecule has 0 saturated heterocycles. The van der Waals surface area contributed by atoms with Gasteiger partial charge in [0.1, 0.15) is 0 Å². The molecule has 0 unspecified atom stereocenters. The van der Waals surface area contributed by atoms with Crippen molar-refractivity contribution in [1.29, 1.82) is 0 Å². The van der Waals surface area contributed by atoms with Gasteiger partial charge < -0.3 is 16.4 Å². The number of benzene rings is 2. The first-order valence-electron chi connectivity index (χ1n) is 7.01. The number of nitrogens with two attached hydrogens (primary N) is 1. The summed E-state index contributed by atoms with van der Waals surface area (Å²) in [4.78, 5) is 23.2. The molecule has 2 rings (SSSR count). The maximum absolute atomic E-state index is 11.9. The zero-order chi connectivity index (χ0) is 15.9. The third-order valence-corrected chi connectivity index (χ3v) is 3.20. The largest absolute Gasteiger partial charge is 0.376 e. The average molecular weight is 297 g/mol. The number of carbonyl (C=O) groups is 2. The summed E-state index contributed by atoms with van der Waals surface area (Å²) in [5.41, 5.74) is 8.42. The van der Waals surface area contributed by atoms with Crippen LogP contribution in [0, 0.1) is 6.92 Å². The van der Waals surface area contributed by atoms with Gasteiger partial charge in [0.2, 0.25) is 5.91 Å². The van der Waals surface area contributed by atoms with Crippen LogP contribution in [0.4, 0.5) is 5.69 Å². The summed E-state index contributed by atoms with van der Waals surface area (Å²) in [6.07, 6.45) is 0. The van der Waals surface area contributed by atoms with E-state index in [9.17, 15) is 9.59 Å². The molecule has 0 heterocycles. The van der Waals surface area contributed by atoms with Crippen molar-refractivity contribution in [3.63, 3.8) is 0 Å². The maximum Gasteiger partial charge on any atom is 0.250 e. The Morgan fingerprint density at radius 3 is 2.59 bits per heavy atom. The monoisotopic (exact) mass is 297 g/mol.